The molecule has 0 aliphatic carbocycles. The largest absolute Gasteiger partial charge is 0.327 e. The molecule has 24 heavy (non-hydrogen) atoms. The van der Waals surface area contributed by atoms with Crippen LogP contribution < -0.4 is 5.32 Å². The van der Waals surface area contributed by atoms with E-state index in [0.29, 0.717) is 23.6 Å². The topological polar surface area (TPSA) is 49.4 Å². The van der Waals surface area contributed by atoms with Crippen LogP contribution in [0.15, 0.2) is 48.5 Å². The van der Waals surface area contributed by atoms with E-state index < -0.39 is 6.04 Å². The van der Waals surface area contributed by atoms with Gasteiger partial charge in [-0.1, -0.05) is 29.8 Å². The number of nitrogens with one attached hydrogen (secondary N) is 1. The van der Waals surface area contributed by atoms with E-state index in [4.69, 9.17) is 11.6 Å². The van der Waals surface area contributed by atoms with E-state index in [2.05, 4.69) is 5.32 Å². The SMILES string of the molecule is Cc1ccccc1NC(=O)[C@H]1CCCN1C(=O)c1ccc(Cl)cc1. The fraction of sp³-hybridized carbons (Fsp3) is 0.263. The molecule has 0 saturated carbocycles. The van der Waals surface area contributed by atoms with E-state index in [1.54, 1.807) is 29.2 Å². The van der Waals surface area contributed by atoms with Crippen LogP contribution >= 0.6 is 11.6 Å². The zero-order valence-electron chi connectivity index (χ0n) is 13.5. The van der Waals surface area contributed by atoms with Gasteiger partial charge in [0.1, 0.15) is 6.04 Å². The zero-order chi connectivity index (χ0) is 17.1. The van der Waals surface area contributed by atoms with Gasteiger partial charge in [0.2, 0.25) is 5.91 Å². The van der Waals surface area contributed by atoms with Crippen molar-refractivity contribution >= 4 is 29.1 Å². The summed E-state index contributed by atoms with van der Waals surface area (Å²) in [7, 11) is 0. The molecule has 124 valence electrons. The highest BCUT2D eigenvalue weighted by Crippen LogP contribution is 2.23. The summed E-state index contributed by atoms with van der Waals surface area (Å²) in [5.74, 6) is -0.266. The maximum atomic E-state index is 12.7. The smallest absolute Gasteiger partial charge is 0.254 e. The molecule has 1 aliphatic heterocycles. The Bertz CT molecular complexity index is 758. The van der Waals surface area contributed by atoms with Crippen molar-refractivity contribution in [2.24, 2.45) is 0 Å². The van der Waals surface area contributed by atoms with E-state index in [-0.39, 0.29) is 11.8 Å². The number of nitrogens with zero attached hydrogens (tertiary/aromatic N) is 1. The number of anilines is 1. The predicted molar refractivity (Wildman–Crippen MR) is 95.3 cm³/mol. The summed E-state index contributed by atoms with van der Waals surface area (Å²) in [6, 6.07) is 14.0. The van der Waals surface area contributed by atoms with Crippen LogP contribution in [0.4, 0.5) is 5.69 Å². The van der Waals surface area contributed by atoms with Gasteiger partial charge in [-0.15, -0.1) is 0 Å². The normalized spacial score (nSPS) is 16.9. The van der Waals surface area contributed by atoms with E-state index in [9.17, 15) is 9.59 Å². The van der Waals surface area contributed by atoms with Crippen molar-refractivity contribution in [3.63, 3.8) is 0 Å². The van der Waals surface area contributed by atoms with Crippen molar-refractivity contribution in [2.45, 2.75) is 25.8 Å². The third-order valence-electron chi connectivity index (χ3n) is 4.31. The van der Waals surface area contributed by atoms with Crippen molar-refractivity contribution in [3.05, 3.63) is 64.7 Å². The first-order valence-corrected chi connectivity index (χ1v) is 8.37. The molecule has 0 spiro atoms. The predicted octanol–water partition coefficient (Wildman–Crippen LogP) is 3.89. The number of amides is 2. The van der Waals surface area contributed by atoms with Gasteiger partial charge < -0.3 is 10.2 Å². The highest BCUT2D eigenvalue weighted by atomic mass is 35.5. The molecule has 0 aromatic heterocycles. The lowest BCUT2D eigenvalue weighted by Gasteiger charge is -2.24. The molecular weight excluding hydrogens is 324 g/mol. The number of carbonyl (C=O) groups excluding carboxylic acids is 2. The number of hydrogen-bond donors (Lipinski definition) is 1. The third kappa shape index (κ3) is 3.44. The molecule has 2 aromatic rings. The summed E-state index contributed by atoms with van der Waals surface area (Å²) < 4.78 is 0. The molecule has 1 saturated heterocycles. The van der Waals surface area contributed by atoms with Gasteiger partial charge in [0, 0.05) is 22.8 Å². The van der Waals surface area contributed by atoms with Crippen molar-refractivity contribution < 1.29 is 9.59 Å². The lowest BCUT2D eigenvalue weighted by Crippen LogP contribution is -2.43. The maximum absolute atomic E-state index is 12.7. The van der Waals surface area contributed by atoms with Gasteiger partial charge >= 0.3 is 0 Å². The molecule has 5 heteroatoms. The summed E-state index contributed by atoms with van der Waals surface area (Å²) in [6.07, 6.45) is 1.50. The Morgan fingerprint density at radius 2 is 1.83 bits per heavy atom. The highest BCUT2D eigenvalue weighted by Gasteiger charge is 2.34. The van der Waals surface area contributed by atoms with Crippen LogP contribution in [-0.4, -0.2) is 29.3 Å². The van der Waals surface area contributed by atoms with Crippen molar-refractivity contribution in [1.82, 2.24) is 4.90 Å². The fourth-order valence-electron chi connectivity index (χ4n) is 2.97. The second-order valence-electron chi connectivity index (χ2n) is 5.97. The molecule has 2 amide bonds. The molecule has 2 aromatic carbocycles. The molecule has 1 heterocycles. The molecule has 1 N–H and O–H groups in total. The minimum Gasteiger partial charge on any atom is -0.327 e. The van der Waals surface area contributed by atoms with Gasteiger partial charge in [-0.05, 0) is 55.7 Å². The van der Waals surface area contributed by atoms with Crippen LogP contribution in [0.1, 0.15) is 28.8 Å². The zero-order valence-corrected chi connectivity index (χ0v) is 14.2. The number of hydrogen-bond acceptors (Lipinski definition) is 2. The first-order chi connectivity index (χ1) is 11.6. The summed E-state index contributed by atoms with van der Waals surface area (Å²) in [5.41, 5.74) is 2.34. The van der Waals surface area contributed by atoms with Crippen LogP contribution in [0.5, 0.6) is 0 Å². The van der Waals surface area contributed by atoms with E-state index >= 15 is 0 Å². The average molecular weight is 343 g/mol. The molecule has 0 bridgehead atoms. The van der Waals surface area contributed by atoms with Crippen LogP contribution in [0.3, 0.4) is 0 Å². The molecule has 0 unspecified atom stereocenters. The lowest BCUT2D eigenvalue weighted by molar-refractivity contribution is -0.119. The van der Waals surface area contributed by atoms with Crippen molar-refractivity contribution in [3.8, 4) is 0 Å². The van der Waals surface area contributed by atoms with E-state index in [1.807, 2.05) is 31.2 Å². The minimum absolute atomic E-state index is 0.130. The Hall–Kier alpha value is -2.33. The number of aryl methyl sites for hydroxylation is 1. The van der Waals surface area contributed by atoms with E-state index in [0.717, 1.165) is 17.7 Å². The summed E-state index contributed by atoms with van der Waals surface area (Å²) in [5, 5.41) is 3.53. The molecule has 4 nitrogen and oxygen atoms in total. The Morgan fingerprint density at radius 3 is 2.54 bits per heavy atom. The first-order valence-electron chi connectivity index (χ1n) is 7.99. The monoisotopic (exact) mass is 342 g/mol. The fourth-order valence-corrected chi connectivity index (χ4v) is 3.10. The first kappa shape index (κ1) is 16.5. The van der Waals surface area contributed by atoms with Crippen molar-refractivity contribution in [2.75, 3.05) is 11.9 Å². The van der Waals surface area contributed by atoms with Crippen LogP contribution in [-0.2, 0) is 4.79 Å². The number of halogens is 1. The molecule has 3 rings (SSSR count). The Labute approximate surface area is 146 Å². The number of carbonyl (C=O) groups is 2. The average Bonchev–Trinajstić information content (AvgIpc) is 3.07. The second kappa shape index (κ2) is 7.05. The molecule has 1 fully saturated rings. The minimum atomic E-state index is -0.437. The van der Waals surface area contributed by atoms with Gasteiger partial charge in [0.25, 0.3) is 5.91 Å². The number of rotatable bonds is 3. The van der Waals surface area contributed by atoms with E-state index in [1.165, 1.54) is 0 Å². The van der Waals surface area contributed by atoms with Crippen LogP contribution in [0.2, 0.25) is 5.02 Å². The summed E-state index contributed by atoms with van der Waals surface area (Å²) in [4.78, 5) is 27.0. The quantitative estimate of drug-likeness (QED) is 0.919. The number of benzene rings is 2. The lowest BCUT2D eigenvalue weighted by atomic mass is 10.1. The highest BCUT2D eigenvalue weighted by molar-refractivity contribution is 6.30. The van der Waals surface area contributed by atoms with Crippen LogP contribution in [0, 0.1) is 6.92 Å². The molecule has 0 radical (unpaired) electrons. The Morgan fingerprint density at radius 1 is 1.12 bits per heavy atom. The van der Waals surface area contributed by atoms with Gasteiger partial charge in [0.15, 0.2) is 0 Å². The third-order valence-corrected chi connectivity index (χ3v) is 4.56. The van der Waals surface area contributed by atoms with Crippen LogP contribution in [0.25, 0.3) is 0 Å². The van der Waals surface area contributed by atoms with Gasteiger partial charge in [-0.2, -0.15) is 0 Å². The molecule has 1 atom stereocenters. The molecule has 1 aliphatic rings. The van der Waals surface area contributed by atoms with Gasteiger partial charge in [0.05, 0.1) is 0 Å². The summed E-state index contributed by atoms with van der Waals surface area (Å²) >= 11 is 5.87. The van der Waals surface area contributed by atoms with Gasteiger partial charge in [-0.3, -0.25) is 9.59 Å². The van der Waals surface area contributed by atoms with Crippen molar-refractivity contribution in [1.29, 1.82) is 0 Å². The summed E-state index contributed by atoms with van der Waals surface area (Å²) in [6.45, 7) is 2.54. The standard InChI is InChI=1S/C19H19ClN2O2/c1-13-5-2-3-6-16(13)21-18(23)17-7-4-12-22(17)19(24)14-8-10-15(20)11-9-14/h2-3,5-6,8-11,17H,4,7,12H2,1H3,(H,21,23)/t17-/m1/s1. The Kier molecular flexibility index (Phi) is 4.86. The number of likely N-dealkylation sites (tertiary alicyclic amines) is 1. The molecular formula is C19H19ClN2O2. The number of para-hydroxylation sites is 1. The Balaban J connectivity index is 1.75. The second-order valence-corrected chi connectivity index (χ2v) is 6.40. The maximum Gasteiger partial charge on any atom is 0.254 e. The van der Waals surface area contributed by atoms with Gasteiger partial charge in [-0.25, -0.2) is 0 Å².